The molecule has 1 heterocycles. The number of carbonyl (C=O) groups excluding carboxylic acids is 2. The molecule has 1 aromatic carbocycles. The van der Waals surface area contributed by atoms with Crippen LogP contribution in [-0.4, -0.2) is 41.9 Å². The normalized spacial score (nSPS) is 17.6. The molecular weight excluding hydrogens is 278 g/mol. The van der Waals surface area contributed by atoms with Gasteiger partial charge in [-0.3, -0.25) is 14.6 Å². The van der Waals surface area contributed by atoms with Crippen molar-refractivity contribution < 1.29 is 9.59 Å². The Kier molecular flexibility index (Phi) is 4.96. The zero-order valence-electron chi connectivity index (χ0n) is 13.6. The van der Waals surface area contributed by atoms with E-state index in [1.165, 1.54) is 0 Å². The first kappa shape index (κ1) is 16.2. The summed E-state index contributed by atoms with van der Waals surface area (Å²) in [5.74, 6) is 0.310. The molecule has 0 saturated carbocycles. The van der Waals surface area contributed by atoms with Gasteiger partial charge in [0.25, 0.3) is 5.91 Å². The van der Waals surface area contributed by atoms with Gasteiger partial charge in [0.2, 0.25) is 0 Å². The Morgan fingerprint density at radius 2 is 1.95 bits per heavy atom. The first-order chi connectivity index (χ1) is 10.4. The Labute approximate surface area is 131 Å². The van der Waals surface area contributed by atoms with Crippen molar-refractivity contribution in [2.75, 3.05) is 18.6 Å². The molecule has 0 spiro atoms. The molecule has 5 heteroatoms. The summed E-state index contributed by atoms with van der Waals surface area (Å²) in [4.78, 5) is 26.1. The van der Waals surface area contributed by atoms with Crippen molar-refractivity contribution in [1.29, 1.82) is 0 Å². The van der Waals surface area contributed by atoms with Gasteiger partial charge in [0, 0.05) is 20.0 Å². The summed E-state index contributed by atoms with van der Waals surface area (Å²) in [6.45, 7) is 6.35. The monoisotopic (exact) mass is 301 g/mol. The van der Waals surface area contributed by atoms with Gasteiger partial charge in [-0.1, -0.05) is 32.0 Å². The van der Waals surface area contributed by atoms with E-state index in [2.05, 4.69) is 18.9 Å². The largest absolute Gasteiger partial charge is 0.340 e. The topological polar surface area (TPSA) is 53.0 Å². The number of benzene rings is 1. The van der Waals surface area contributed by atoms with Gasteiger partial charge in [0.15, 0.2) is 5.78 Å². The molecule has 1 atom stereocenters. The number of carbonyl (C=O) groups is 2. The molecule has 22 heavy (non-hydrogen) atoms. The zero-order chi connectivity index (χ0) is 16.3. The maximum absolute atomic E-state index is 12.5. The van der Waals surface area contributed by atoms with Crippen molar-refractivity contribution >= 4 is 23.1 Å². The lowest BCUT2D eigenvalue weighted by molar-refractivity contribution is -0.123. The van der Waals surface area contributed by atoms with Crippen LogP contribution in [0.5, 0.6) is 0 Å². The summed E-state index contributed by atoms with van der Waals surface area (Å²) < 4.78 is 0. The number of ketones is 1. The van der Waals surface area contributed by atoms with Crippen LogP contribution >= 0.6 is 0 Å². The SMILES string of the molecule is CC(=O)C1CC(C(=O)N(C)CC(C)C)=NN1c1ccccc1. The van der Waals surface area contributed by atoms with E-state index < -0.39 is 6.04 Å². The number of hydrogen-bond donors (Lipinski definition) is 0. The molecule has 5 nitrogen and oxygen atoms in total. The first-order valence-electron chi connectivity index (χ1n) is 7.57. The van der Waals surface area contributed by atoms with Gasteiger partial charge in [-0.15, -0.1) is 0 Å². The molecule has 118 valence electrons. The van der Waals surface area contributed by atoms with Gasteiger partial charge >= 0.3 is 0 Å². The Hall–Kier alpha value is -2.17. The third-order valence-corrected chi connectivity index (χ3v) is 3.63. The number of amides is 1. The van der Waals surface area contributed by atoms with Gasteiger partial charge in [0.1, 0.15) is 11.8 Å². The molecule has 0 aliphatic carbocycles. The Morgan fingerprint density at radius 1 is 1.32 bits per heavy atom. The van der Waals surface area contributed by atoms with Gasteiger partial charge < -0.3 is 4.90 Å². The second kappa shape index (κ2) is 6.73. The summed E-state index contributed by atoms with van der Waals surface area (Å²) in [5.41, 5.74) is 1.28. The van der Waals surface area contributed by atoms with Gasteiger partial charge in [-0.2, -0.15) is 5.10 Å². The van der Waals surface area contributed by atoms with Crippen LogP contribution < -0.4 is 5.01 Å². The van der Waals surface area contributed by atoms with Crippen molar-refractivity contribution in [2.45, 2.75) is 33.2 Å². The quantitative estimate of drug-likeness (QED) is 0.838. The van der Waals surface area contributed by atoms with Crippen LogP contribution in [0.25, 0.3) is 0 Å². The third-order valence-electron chi connectivity index (χ3n) is 3.63. The highest BCUT2D eigenvalue weighted by Gasteiger charge is 2.35. The molecule has 0 N–H and O–H groups in total. The lowest BCUT2D eigenvalue weighted by Gasteiger charge is -2.20. The van der Waals surface area contributed by atoms with E-state index >= 15 is 0 Å². The summed E-state index contributed by atoms with van der Waals surface area (Å²) in [7, 11) is 1.78. The molecule has 0 saturated heterocycles. The Morgan fingerprint density at radius 3 is 2.50 bits per heavy atom. The fourth-order valence-corrected chi connectivity index (χ4v) is 2.63. The molecule has 1 unspecified atom stereocenters. The molecular formula is C17H23N3O2. The highest BCUT2D eigenvalue weighted by molar-refractivity contribution is 6.40. The highest BCUT2D eigenvalue weighted by atomic mass is 16.2. The van der Waals surface area contributed by atoms with E-state index in [0.29, 0.717) is 24.6 Å². The number of nitrogens with zero attached hydrogens (tertiary/aromatic N) is 3. The van der Waals surface area contributed by atoms with Crippen LogP contribution in [0.1, 0.15) is 27.2 Å². The van der Waals surface area contributed by atoms with Crippen LogP contribution in [0.15, 0.2) is 35.4 Å². The molecule has 0 radical (unpaired) electrons. The summed E-state index contributed by atoms with van der Waals surface area (Å²) >= 11 is 0. The highest BCUT2D eigenvalue weighted by Crippen LogP contribution is 2.25. The number of Topliss-reactive ketones (excluding diaryl/α,β-unsaturated/α-hetero) is 1. The minimum absolute atomic E-state index is 0.0157. The van der Waals surface area contributed by atoms with E-state index in [1.54, 1.807) is 23.9 Å². The molecule has 0 fully saturated rings. The maximum atomic E-state index is 12.5. The minimum Gasteiger partial charge on any atom is -0.340 e. The predicted molar refractivity (Wildman–Crippen MR) is 87.9 cm³/mol. The van der Waals surface area contributed by atoms with Crippen molar-refractivity contribution in [1.82, 2.24) is 4.90 Å². The number of para-hydroxylation sites is 1. The van der Waals surface area contributed by atoms with E-state index in [-0.39, 0.29) is 11.7 Å². The lowest BCUT2D eigenvalue weighted by Crippen LogP contribution is -2.36. The smallest absolute Gasteiger partial charge is 0.269 e. The predicted octanol–water partition coefficient (Wildman–Crippen LogP) is 2.32. The summed E-state index contributed by atoms with van der Waals surface area (Å²) in [5, 5.41) is 6.09. The van der Waals surface area contributed by atoms with Crippen LogP contribution in [0.4, 0.5) is 5.69 Å². The molecule has 2 rings (SSSR count). The van der Waals surface area contributed by atoms with Crippen LogP contribution in [0.2, 0.25) is 0 Å². The molecule has 0 bridgehead atoms. The second-order valence-electron chi connectivity index (χ2n) is 6.14. The number of anilines is 1. The third kappa shape index (κ3) is 3.53. The van der Waals surface area contributed by atoms with E-state index in [1.807, 2.05) is 30.3 Å². The lowest BCUT2D eigenvalue weighted by atomic mass is 10.1. The minimum atomic E-state index is -0.395. The van der Waals surface area contributed by atoms with Gasteiger partial charge in [0.05, 0.1) is 5.69 Å². The van der Waals surface area contributed by atoms with Crippen LogP contribution in [0.3, 0.4) is 0 Å². The number of hydrazone groups is 1. The number of hydrogen-bond acceptors (Lipinski definition) is 4. The van der Waals surface area contributed by atoms with Crippen LogP contribution in [0, 0.1) is 5.92 Å². The molecule has 0 aromatic heterocycles. The van der Waals surface area contributed by atoms with Gasteiger partial charge in [-0.25, -0.2) is 0 Å². The number of rotatable bonds is 5. The Balaban J connectivity index is 2.23. The Bertz CT molecular complexity index is 581. The van der Waals surface area contributed by atoms with E-state index in [0.717, 1.165) is 5.69 Å². The van der Waals surface area contributed by atoms with Crippen molar-refractivity contribution in [3.63, 3.8) is 0 Å². The van der Waals surface area contributed by atoms with Crippen molar-refractivity contribution in [3.8, 4) is 0 Å². The first-order valence-corrected chi connectivity index (χ1v) is 7.57. The van der Waals surface area contributed by atoms with E-state index in [4.69, 9.17) is 0 Å². The van der Waals surface area contributed by atoms with Crippen molar-refractivity contribution in [3.05, 3.63) is 30.3 Å². The molecule has 1 aliphatic heterocycles. The molecule has 1 amide bonds. The maximum Gasteiger partial charge on any atom is 0.269 e. The average molecular weight is 301 g/mol. The fraction of sp³-hybridized carbons (Fsp3) is 0.471. The second-order valence-corrected chi connectivity index (χ2v) is 6.14. The summed E-state index contributed by atoms with van der Waals surface area (Å²) in [6, 6.07) is 9.09. The standard InChI is InChI=1S/C17H23N3O2/c1-12(2)11-19(4)17(22)15-10-16(13(3)21)20(18-15)14-8-6-5-7-9-14/h5-9,12,16H,10-11H2,1-4H3. The zero-order valence-corrected chi connectivity index (χ0v) is 13.6. The fourth-order valence-electron chi connectivity index (χ4n) is 2.63. The van der Waals surface area contributed by atoms with Crippen molar-refractivity contribution in [2.24, 2.45) is 11.0 Å². The summed E-state index contributed by atoms with van der Waals surface area (Å²) in [6.07, 6.45) is 0.367. The van der Waals surface area contributed by atoms with Crippen LogP contribution in [-0.2, 0) is 9.59 Å². The molecule has 1 aliphatic rings. The van der Waals surface area contributed by atoms with E-state index in [9.17, 15) is 9.59 Å². The van der Waals surface area contributed by atoms with Gasteiger partial charge in [-0.05, 0) is 25.0 Å². The average Bonchev–Trinajstić information content (AvgIpc) is 2.92. The molecule has 1 aromatic rings.